The molecule has 1 unspecified atom stereocenters. The standard InChI is InChI=1S/C24H25FN6O/c25-22-11-5-4-10-21(22)23(24-26-27-28-31(24)18-20-9-6-16-32-20)30-14-12-29(13-15-30)17-19-7-2-1-3-8-19/h1-11,16,23H,12-15,17-18H2. The molecule has 2 aromatic carbocycles. The molecule has 1 fully saturated rings. The fraction of sp³-hybridized carbons (Fsp3) is 0.292. The molecule has 0 bridgehead atoms. The van der Waals surface area contributed by atoms with Crippen molar-refractivity contribution in [1.29, 1.82) is 0 Å². The molecule has 8 heteroatoms. The Hall–Kier alpha value is -3.36. The highest BCUT2D eigenvalue weighted by Gasteiger charge is 2.32. The molecule has 32 heavy (non-hydrogen) atoms. The average molecular weight is 433 g/mol. The van der Waals surface area contributed by atoms with Crippen molar-refractivity contribution in [2.24, 2.45) is 0 Å². The van der Waals surface area contributed by atoms with Crippen LogP contribution in [0.3, 0.4) is 0 Å². The first-order valence-corrected chi connectivity index (χ1v) is 10.8. The third kappa shape index (κ3) is 4.46. The van der Waals surface area contributed by atoms with Gasteiger partial charge >= 0.3 is 0 Å². The smallest absolute Gasteiger partial charge is 0.173 e. The quantitative estimate of drug-likeness (QED) is 0.446. The Kier molecular flexibility index (Phi) is 6.04. The summed E-state index contributed by atoms with van der Waals surface area (Å²) in [6, 6.07) is 20.7. The van der Waals surface area contributed by atoms with Crippen molar-refractivity contribution >= 4 is 0 Å². The third-order valence-corrected chi connectivity index (χ3v) is 5.91. The van der Waals surface area contributed by atoms with Gasteiger partial charge in [-0.1, -0.05) is 48.5 Å². The first kappa shape index (κ1) is 20.5. The summed E-state index contributed by atoms with van der Waals surface area (Å²) in [4.78, 5) is 4.69. The SMILES string of the molecule is Fc1ccccc1C(c1nnnn1Cc1ccco1)N1CCN(Cc2ccccc2)CC1. The molecule has 0 aliphatic carbocycles. The zero-order chi connectivity index (χ0) is 21.8. The number of furan rings is 1. The van der Waals surface area contributed by atoms with E-state index in [0.717, 1.165) is 38.5 Å². The van der Waals surface area contributed by atoms with Gasteiger partial charge in [0.25, 0.3) is 0 Å². The lowest BCUT2D eigenvalue weighted by atomic mass is 10.0. The van der Waals surface area contributed by atoms with Crippen LogP contribution in [0.2, 0.25) is 0 Å². The van der Waals surface area contributed by atoms with Crippen LogP contribution in [0.4, 0.5) is 4.39 Å². The summed E-state index contributed by atoms with van der Waals surface area (Å²) in [6.45, 7) is 4.67. The van der Waals surface area contributed by atoms with Gasteiger partial charge in [-0.2, -0.15) is 0 Å². The normalized spacial score (nSPS) is 16.3. The Balaban J connectivity index is 1.39. The molecular formula is C24H25FN6O. The Morgan fingerprint density at radius 3 is 2.41 bits per heavy atom. The summed E-state index contributed by atoms with van der Waals surface area (Å²) in [7, 11) is 0. The van der Waals surface area contributed by atoms with Gasteiger partial charge in [-0.15, -0.1) is 5.10 Å². The van der Waals surface area contributed by atoms with Gasteiger partial charge in [0.15, 0.2) is 5.82 Å². The van der Waals surface area contributed by atoms with Crippen LogP contribution in [0, 0.1) is 5.82 Å². The highest BCUT2D eigenvalue weighted by Crippen LogP contribution is 2.30. The molecule has 7 nitrogen and oxygen atoms in total. The minimum Gasteiger partial charge on any atom is -0.467 e. The fourth-order valence-corrected chi connectivity index (χ4v) is 4.29. The summed E-state index contributed by atoms with van der Waals surface area (Å²) >= 11 is 0. The molecule has 1 aliphatic rings. The predicted molar refractivity (Wildman–Crippen MR) is 117 cm³/mol. The van der Waals surface area contributed by atoms with Gasteiger partial charge in [0.05, 0.1) is 6.26 Å². The molecule has 1 saturated heterocycles. The summed E-state index contributed by atoms with van der Waals surface area (Å²) in [5, 5.41) is 12.4. The van der Waals surface area contributed by atoms with Crippen LogP contribution in [-0.2, 0) is 13.1 Å². The largest absolute Gasteiger partial charge is 0.467 e. The summed E-state index contributed by atoms with van der Waals surface area (Å²) in [5.74, 6) is 1.11. The van der Waals surface area contributed by atoms with E-state index in [-0.39, 0.29) is 11.9 Å². The Labute approximate surface area is 186 Å². The monoisotopic (exact) mass is 432 g/mol. The maximum Gasteiger partial charge on any atom is 0.173 e. The number of rotatable bonds is 7. The van der Waals surface area contributed by atoms with Crippen LogP contribution in [-0.4, -0.2) is 56.2 Å². The molecule has 0 radical (unpaired) electrons. The van der Waals surface area contributed by atoms with Crippen molar-refractivity contribution in [2.45, 2.75) is 19.1 Å². The maximum atomic E-state index is 14.9. The number of aromatic nitrogens is 4. The van der Waals surface area contributed by atoms with Crippen molar-refractivity contribution in [3.8, 4) is 0 Å². The van der Waals surface area contributed by atoms with Crippen LogP contribution in [0.15, 0.2) is 77.4 Å². The Morgan fingerprint density at radius 2 is 1.66 bits per heavy atom. The van der Waals surface area contributed by atoms with E-state index in [0.29, 0.717) is 17.9 Å². The van der Waals surface area contributed by atoms with E-state index in [2.05, 4.69) is 49.6 Å². The second-order valence-electron chi connectivity index (χ2n) is 8.00. The molecule has 0 amide bonds. The highest BCUT2D eigenvalue weighted by molar-refractivity contribution is 5.27. The van der Waals surface area contributed by atoms with E-state index >= 15 is 0 Å². The molecule has 1 aliphatic heterocycles. The van der Waals surface area contributed by atoms with E-state index in [9.17, 15) is 4.39 Å². The molecule has 5 rings (SSSR count). The summed E-state index contributed by atoms with van der Waals surface area (Å²) in [5.41, 5.74) is 1.88. The molecule has 2 aromatic heterocycles. The Morgan fingerprint density at radius 1 is 0.875 bits per heavy atom. The summed E-state index contributed by atoms with van der Waals surface area (Å²) < 4.78 is 22.1. The van der Waals surface area contributed by atoms with E-state index in [1.54, 1.807) is 17.0 Å². The zero-order valence-electron chi connectivity index (χ0n) is 17.7. The molecule has 164 valence electrons. The van der Waals surface area contributed by atoms with Crippen LogP contribution in [0.25, 0.3) is 0 Å². The molecule has 4 aromatic rings. The van der Waals surface area contributed by atoms with E-state index in [1.807, 2.05) is 30.3 Å². The molecule has 0 saturated carbocycles. The number of tetrazole rings is 1. The molecular weight excluding hydrogens is 407 g/mol. The maximum absolute atomic E-state index is 14.9. The lowest BCUT2D eigenvalue weighted by Gasteiger charge is -2.39. The first-order chi connectivity index (χ1) is 15.8. The van der Waals surface area contributed by atoms with Crippen LogP contribution >= 0.6 is 0 Å². The number of hydrogen-bond acceptors (Lipinski definition) is 6. The predicted octanol–water partition coefficient (Wildman–Crippen LogP) is 3.36. The van der Waals surface area contributed by atoms with Crippen LogP contribution < -0.4 is 0 Å². The molecule has 3 heterocycles. The first-order valence-electron chi connectivity index (χ1n) is 10.8. The van der Waals surface area contributed by atoms with Crippen LogP contribution in [0.1, 0.15) is 28.8 Å². The van der Waals surface area contributed by atoms with E-state index < -0.39 is 0 Å². The number of halogens is 1. The zero-order valence-corrected chi connectivity index (χ0v) is 17.7. The minimum atomic E-state index is -0.375. The van der Waals surface area contributed by atoms with Crippen molar-refractivity contribution < 1.29 is 8.81 Å². The average Bonchev–Trinajstić information content (AvgIpc) is 3.50. The fourth-order valence-electron chi connectivity index (χ4n) is 4.29. The van der Waals surface area contributed by atoms with Crippen molar-refractivity contribution in [3.05, 3.63) is 102 Å². The van der Waals surface area contributed by atoms with Crippen molar-refractivity contribution in [1.82, 2.24) is 30.0 Å². The van der Waals surface area contributed by atoms with Gasteiger partial charge < -0.3 is 4.42 Å². The van der Waals surface area contributed by atoms with Crippen molar-refractivity contribution in [3.63, 3.8) is 0 Å². The van der Waals surface area contributed by atoms with Gasteiger partial charge in [0, 0.05) is 38.3 Å². The van der Waals surface area contributed by atoms with Gasteiger partial charge in [-0.25, -0.2) is 9.07 Å². The topological polar surface area (TPSA) is 63.2 Å². The van der Waals surface area contributed by atoms with Gasteiger partial charge in [-0.05, 0) is 34.2 Å². The minimum absolute atomic E-state index is 0.253. The Bertz CT molecular complexity index is 1120. The van der Waals surface area contributed by atoms with Gasteiger partial charge in [0.1, 0.15) is 24.2 Å². The number of hydrogen-bond donors (Lipinski definition) is 0. The molecule has 1 atom stereocenters. The summed E-state index contributed by atoms with van der Waals surface area (Å²) in [6.07, 6.45) is 1.62. The highest BCUT2D eigenvalue weighted by atomic mass is 19.1. The van der Waals surface area contributed by atoms with Gasteiger partial charge in [0.2, 0.25) is 0 Å². The third-order valence-electron chi connectivity index (χ3n) is 5.91. The second kappa shape index (κ2) is 9.42. The number of piperazine rings is 1. The molecule has 0 N–H and O–H groups in total. The lowest BCUT2D eigenvalue weighted by Crippen LogP contribution is -2.48. The van der Waals surface area contributed by atoms with E-state index in [1.165, 1.54) is 11.6 Å². The van der Waals surface area contributed by atoms with Crippen LogP contribution in [0.5, 0.6) is 0 Å². The molecule has 0 spiro atoms. The van der Waals surface area contributed by atoms with Gasteiger partial charge in [-0.3, -0.25) is 9.80 Å². The second-order valence-corrected chi connectivity index (χ2v) is 8.00. The van der Waals surface area contributed by atoms with E-state index in [4.69, 9.17) is 4.42 Å². The number of nitrogens with zero attached hydrogens (tertiary/aromatic N) is 6. The number of benzene rings is 2. The van der Waals surface area contributed by atoms with Crippen molar-refractivity contribution in [2.75, 3.05) is 26.2 Å². The lowest BCUT2D eigenvalue weighted by molar-refractivity contribution is 0.0989.